The number of ketones is 1. The molecule has 3 aliphatic rings. The van der Waals surface area contributed by atoms with E-state index in [9.17, 15) is 19.5 Å². The molecule has 17 nitrogen and oxygen atoms in total. The molecule has 2 saturated heterocycles. The molecule has 65 heavy (non-hydrogen) atoms. The molecular formula is C48H76N6O11. The summed E-state index contributed by atoms with van der Waals surface area (Å²) in [4.78, 5) is 57.9. The number of rotatable bonds is 17. The first-order valence-electron chi connectivity index (χ1n) is 23.2. The number of hydrogen-bond acceptors (Lipinski definition) is 15. The number of aliphatic hydroxyl groups excluding tert-OH is 1. The van der Waals surface area contributed by atoms with Gasteiger partial charge in [-0.05, 0) is 100 Å². The van der Waals surface area contributed by atoms with E-state index in [0.29, 0.717) is 51.9 Å². The largest absolute Gasteiger partial charge is 0.471 e. The predicted molar refractivity (Wildman–Crippen MR) is 243 cm³/mol. The van der Waals surface area contributed by atoms with Crippen LogP contribution in [-0.4, -0.2) is 168 Å². The highest BCUT2D eigenvalue weighted by Crippen LogP contribution is 2.44. The Hall–Kier alpha value is -3.97. The van der Waals surface area contributed by atoms with E-state index in [-0.39, 0.29) is 42.5 Å². The number of likely N-dealkylation sites (N-methyl/N-ethyl adjacent to an activating group) is 2. The molecule has 0 bridgehead atoms. The highest BCUT2D eigenvalue weighted by atomic mass is 16.7. The van der Waals surface area contributed by atoms with Crippen molar-refractivity contribution in [2.24, 2.45) is 17.8 Å². The van der Waals surface area contributed by atoms with Crippen molar-refractivity contribution in [1.29, 1.82) is 0 Å². The maximum atomic E-state index is 15.0. The Kier molecular flexibility index (Phi) is 18.1. The number of aromatic nitrogens is 3. The van der Waals surface area contributed by atoms with Crippen molar-refractivity contribution in [3.05, 3.63) is 48.4 Å². The minimum absolute atomic E-state index is 0.119. The Bertz CT molecular complexity index is 1910. The molecule has 12 atom stereocenters. The number of amides is 1. The van der Waals surface area contributed by atoms with Crippen LogP contribution in [0.1, 0.15) is 87.5 Å². The van der Waals surface area contributed by atoms with E-state index < -0.39 is 71.7 Å². The number of cyclic esters (lactones) is 1. The molecule has 2 aromatic rings. The lowest BCUT2D eigenvalue weighted by Crippen LogP contribution is -2.59. The van der Waals surface area contributed by atoms with E-state index in [1.807, 2.05) is 102 Å². The smallest absolute Gasteiger partial charge is 0.410 e. The Labute approximate surface area is 386 Å². The molecule has 5 rings (SSSR count). The number of aliphatic hydroxyl groups is 1. The number of unbranched alkanes of at least 4 members (excludes halogenated alkanes) is 1. The maximum absolute atomic E-state index is 15.0. The highest BCUT2D eigenvalue weighted by molar-refractivity contribution is 5.89. The molecule has 0 aliphatic carbocycles. The molecule has 0 spiro atoms. The van der Waals surface area contributed by atoms with Gasteiger partial charge in [0.25, 0.3) is 0 Å². The van der Waals surface area contributed by atoms with E-state index in [4.69, 9.17) is 33.2 Å². The van der Waals surface area contributed by atoms with Gasteiger partial charge in [0, 0.05) is 74.7 Å². The zero-order valence-corrected chi connectivity index (χ0v) is 41.0. The number of methoxy groups -OCH3 is 1. The lowest BCUT2D eigenvalue weighted by Gasteiger charge is -2.47. The first-order valence-corrected chi connectivity index (χ1v) is 23.2. The highest BCUT2D eigenvalue weighted by Gasteiger charge is 2.60. The van der Waals surface area contributed by atoms with Crippen LogP contribution in [0.4, 0.5) is 4.79 Å². The molecule has 364 valence electrons. The van der Waals surface area contributed by atoms with Gasteiger partial charge >= 0.3 is 12.1 Å². The van der Waals surface area contributed by atoms with Crippen LogP contribution < -0.4 is 0 Å². The molecule has 17 heteroatoms. The van der Waals surface area contributed by atoms with E-state index in [1.54, 1.807) is 44.6 Å². The van der Waals surface area contributed by atoms with Gasteiger partial charge in [0.2, 0.25) is 0 Å². The lowest BCUT2D eigenvalue weighted by molar-refractivity contribution is -0.296. The van der Waals surface area contributed by atoms with Crippen molar-refractivity contribution >= 4 is 17.8 Å². The van der Waals surface area contributed by atoms with Crippen LogP contribution in [-0.2, 0) is 49.3 Å². The molecule has 1 N–H and O–H groups in total. The average Bonchev–Trinajstić information content (AvgIpc) is 3.85. The monoisotopic (exact) mass is 913 g/mol. The van der Waals surface area contributed by atoms with Crippen molar-refractivity contribution in [3.8, 4) is 11.3 Å². The van der Waals surface area contributed by atoms with E-state index in [1.165, 1.54) is 0 Å². The number of Topliss-reactive ketones (excluding diaryl/α,β-unsaturated/α-hetero) is 1. The summed E-state index contributed by atoms with van der Waals surface area (Å²) in [7, 11) is 9.24. The number of ether oxygens (including phenoxy) is 7. The molecule has 5 heterocycles. The number of imidazole rings is 1. The second-order valence-corrected chi connectivity index (χ2v) is 19.1. The Morgan fingerprint density at radius 1 is 1.03 bits per heavy atom. The minimum Gasteiger partial charge on any atom is -0.471 e. The summed E-state index contributed by atoms with van der Waals surface area (Å²) in [5.41, 5.74) is -0.715. The van der Waals surface area contributed by atoms with Crippen molar-refractivity contribution < 1.29 is 52.6 Å². The molecular weight excluding hydrogens is 837 g/mol. The van der Waals surface area contributed by atoms with E-state index >= 15 is 0 Å². The molecule has 0 aromatic carbocycles. The van der Waals surface area contributed by atoms with Crippen LogP contribution in [0.3, 0.4) is 0 Å². The van der Waals surface area contributed by atoms with E-state index in [2.05, 4.69) is 9.97 Å². The minimum atomic E-state index is -1.39. The molecule has 2 aromatic heterocycles. The van der Waals surface area contributed by atoms with Crippen LogP contribution in [0.2, 0.25) is 0 Å². The van der Waals surface area contributed by atoms with Gasteiger partial charge < -0.3 is 57.5 Å². The summed E-state index contributed by atoms with van der Waals surface area (Å²) in [5, 5.41) is 11.7. The number of esters is 1. The molecule has 0 radical (unpaired) electrons. The molecule has 3 aliphatic heterocycles. The zero-order valence-electron chi connectivity index (χ0n) is 41.0. The molecule has 0 saturated carbocycles. The van der Waals surface area contributed by atoms with Gasteiger partial charge in [-0.2, -0.15) is 0 Å². The third kappa shape index (κ3) is 12.1. The number of pyridine rings is 1. The second-order valence-electron chi connectivity index (χ2n) is 19.1. The van der Waals surface area contributed by atoms with Crippen LogP contribution in [0.5, 0.6) is 0 Å². The molecule has 1 unspecified atom stereocenters. The number of carbonyl (C=O) groups excluding carboxylic acids is 3. The zero-order chi connectivity index (χ0) is 47.8. The summed E-state index contributed by atoms with van der Waals surface area (Å²) in [5.74, 6) is -2.68. The number of aryl methyl sites for hydroxylation is 1. The Morgan fingerprint density at radius 3 is 2.40 bits per heavy atom. The van der Waals surface area contributed by atoms with Crippen molar-refractivity contribution in [2.45, 2.75) is 148 Å². The first kappa shape index (κ1) is 52.0. The Balaban J connectivity index is 1.51. The predicted octanol–water partition coefficient (Wildman–Crippen LogP) is 5.55. The fraction of sp³-hybridized carbons (Fsp3) is 0.729. The normalized spacial score (nSPS) is 34.1. The van der Waals surface area contributed by atoms with Crippen LogP contribution in [0.25, 0.3) is 11.3 Å². The number of hydrogen-bond donors (Lipinski definition) is 1. The van der Waals surface area contributed by atoms with Crippen molar-refractivity contribution in [1.82, 2.24) is 29.2 Å². The maximum Gasteiger partial charge on any atom is 0.410 e. The van der Waals surface area contributed by atoms with Crippen molar-refractivity contribution in [3.63, 3.8) is 0 Å². The molecule has 1 amide bonds. The quantitative estimate of drug-likeness (QED) is 0.119. The SMILES string of the molecule is CCC1OC(=O)/C(C)=C(/OCOCCN(C)C)[C@H](C)[C@@H](O[C@@H]2O[C@H](C)C[C@H](N(C)C)[C@H]2O)[C@](C)(OC)C[C@@H](C)C(=O)[C@H](C)[C@H]2N(CCCCn3cnc(-c4cccnc4)c3)C(=O)O[C@]12C. The average molecular weight is 913 g/mol. The number of carbonyl (C=O) groups is 3. The van der Waals surface area contributed by atoms with Crippen LogP contribution in [0.15, 0.2) is 48.4 Å². The summed E-state index contributed by atoms with van der Waals surface area (Å²) in [6.07, 6.45) is 4.80. The topological polar surface area (TPSA) is 176 Å². The van der Waals surface area contributed by atoms with Gasteiger partial charge in [-0.3, -0.25) is 9.78 Å². The summed E-state index contributed by atoms with van der Waals surface area (Å²) in [6.45, 7) is 16.4. The molecule has 2 fully saturated rings. The van der Waals surface area contributed by atoms with Crippen molar-refractivity contribution in [2.75, 3.05) is 61.8 Å². The fourth-order valence-electron chi connectivity index (χ4n) is 9.98. The number of fused-ring (bicyclic) bond motifs is 1. The summed E-state index contributed by atoms with van der Waals surface area (Å²) < 4.78 is 46.5. The van der Waals surface area contributed by atoms with Gasteiger partial charge in [-0.1, -0.05) is 27.7 Å². The van der Waals surface area contributed by atoms with Gasteiger partial charge in [0.05, 0.1) is 48.1 Å². The third-order valence-electron chi connectivity index (χ3n) is 13.6. The fourth-order valence-corrected chi connectivity index (χ4v) is 9.98. The van der Waals surface area contributed by atoms with Gasteiger partial charge in [-0.15, -0.1) is 0 Å². The van der Waals surface area contributed by atoms with Gasteiger partial charge in [-0.25, -0.2) is 14.6 Å². The number of nitrogens with zero attached hydrogens (tertiary/aromatic N) is 6. The van der Waals surface area contributed by atoms with Crippen LogP contribution >= 0.6 is 0 Å². The Morgan fingerprint density at radius 2 is 1.75 bits per heavy atom. The second kappa shape index (κ2) is 22.7. The van der Waals surface area contributed by atoms with Gasteiger partial charge in [0.1, 0.15) is 23.8 Å². The van der Waals surface area contributed by atoms with E-state index in [0.717, 1.165) is 11.3 Å². The summed E-state index contributed by atoms with van der Waals surface area (Å²) in [6, 6.07) is 2.78. The standard InChI is InChI=1S/C48H76N6O11/c1-14-38-48(8)42(54(46(58)65-48)21-16-15-20-53-27-36(50-28-53)35-18-17-19-49-26-35)32(4)39(55)30(2)25-47(7,59-13)43(64-45-40(56)37(52(11)12)24-31(3)62-45)33(5)41(34(6)44(57)63-38)61-29-60-23-22-51(9)10/h17-19,26-28,30-33,37-38,40,42-43,45,56H,14-16,20-25,29H2,1-13H3/b41-34+/t30-,31-,32+,33+,37+,38?,40-,42-,43-,45+,47-,48-/m1/s1. The van der Waals surface area contributed by atoms with Gasteiger partial charge in [0.15, 0.2) is 18.7 Å². The van der Waals surface area contributed by atoms with Crippen LogP contribution in [0, 0.1) is 17.8 Å². The summed E-state index contributed by atoms with van der Waals surface area (Å²) >= 11 is 0. The third-order valence-corrected chi connectivity index (χ3v) is 13.6. The first-order chi connectivity index (χ1) is 30.8. The lowest BCUT2D eigenvalue weighted by atomic mass is 9.74.